The van der Waals surface area contributed by atoms with Crippen molar-refractivity contribution < 1.29 is 0 Å². The van der Waals surface area contributed by atoms with Gasteiger partial charge in [-0.2, -0.15) is 0 Å². The van der Waals surface area contributed by atoms with Crippen molar-refractivity contribution in [3.63, 3.8) is 0 Å². The van der Waals surface area contributed by atoms with Crippen molar-refractivity contribution in [2.24, 2.45) is 0 Å². The Morgan fingerprint density at radius 3 is 2.89 bits per heavy atom. The minimum atomic E-state index is -0.394. The van der Waals surface area contributed by atoms with E-state index in [9.17, 15) is 9.59 Å². The lowest BCUT2D eigenvalue weighted by Gasteiger charge is -2.08. The van der Waals surface area contributed by atoms with Crippen LogP contribution in [-0.2, 0) is 13.1 Å². The Morgan fingerprint density at radius 2 is 2.21 bits per heavy atom. The number of rotatable bonds is 4. The quantitative estimate of drug-likeness (QED) is 0.824. The summed E-state index contributed by atoms with van der Waals surface area (Å²) in [6.45, 7) is 4.52. The van der Waals surface area contributed by atoms with Crippen molar-refractivity contribution in [3.8, 4) is 0 Å². The van der Waals surface area contributed by atoms with E-state index in [0.717, 1.165) is 5.56 Å². The Morgan fingerprint density at radius 1 is 1.42 bits per heavy atom. The average Bonchev–Trinajstić information content (AvgIpc) is 2.39. The molecule has 0 aliphatic rings. The molecule has 0 saturated carbocycles. The van der Waals surface area contributed by atoms with Crippen molar-refractivity contribution in [2.45, 2.75) is 26.9 Å². The van der Waals surface area contributed by atoms with Gasteiger partial charge in [0, 0.05) is 31.0 Å². The highest BCUT2D eigenvalue weighted by atomic mass is 16.2. The summed E-state index contributed by atoms with van der Waals surface area (Å²) in [6.07, 6.45) is 4.68. The average molecular weight is 261 g/mol. The lowest BCUT2D eigenvalue weighted by Crippen LogP contribution is -2.32. The number of aryl methyl sites for hydroxylation is 2. The number of nitrogens with one attached hydrogen (secondary N) is 2. The smallest absolute Gasteiger partial charge is 0.328 e. The van der Waals surface area contributed by atoms with Gasteiger partial charge in [-0.15, -0.1) is 0 Å². The third-order valence-corrected chi connectivity index (χ3v) is 2.77. The number of anilines is 1. The van der Waals surface area contributed by atoms with Gasteiger partial charge in [-0.1, -0.05) is 0 Å². The highest BCUT2D eigenvalue weighted by Gasteiger charge is 2.05. The van der Waals surface area contributed by atoms with Gasteiger partial charge < -0.3 is 9.88 Å². The fourth-order valence-electron chi connectivity index (χ4n) is 1.68. The van der Waals surface area contributed by atoms with Crippen molar-refractivity contribution in [3.05, 3.63) is 50.7 Å². The van der Waals surface area contributed by atoms with Crippen LogP contribution >= 0.6 is 0 Å². The molecule has 0 fully saturated rings. The molecule has 0 amide bonds. The highest BCUT2D eigenvalue weighted by molar-refractivity contribution is 5.41. The first-order valence-electron chi connectivity index (χ1n) is 5.95. The maximum atomic E-state index is 11.7. The van der Waals surface area contributed by atoms with Gasteiger partial charge in [0.25, 0.3) is 5.56 Å². The van der Waals surface area contributed by atoms with Crippen LogP contribution in [0.25, 0.3) is 0 Å². The fourth-order valence-corrected chi connectivity index (χ4v) is 1.68. The minimum Gasteiger partial charge on any atom is -0.365 e. The molecule has 0 spiro atoms. The van der Waals surface area contributed by atoms with Crippen LogP contribution in [0.1, 0.15) is 18.1 Å². The fraction of sp³-hybridized carbons (Fsp3) is 0.333. The van der Waals surface area contributed by atoms with Crippen LogP contribution in [0.4, 0.5) is 5.82 Å². The molecule has 0 saturated heterocycles. The van der Waals surface area contributed by atoms with E-state index in [2.05, 4.69) is 20.3 Å². The van der Waals surface area contributed by atoms with Gasteiger partial charge in [0.2, 0.25) is 0 Å². The summed E-state index contributed by atoms with van der Waals surface area (Å²) >= 11 is 0. The number of nitrogens with zero attached hydrogens (tertiary/aromatic N) is 3. The predicted octanol–water partition coefficient (Wildman–Crippen LogP) is 0.267. The van der Waals surface area contributed by atoms with Crippen LogP contribution in [0.15, 0.2) is 28.3 Å². The Kier molecular flexibility index (Phi) is 3.74. The van der Waals surface area contributed by atoms with E-state index in [1.54, 1.807) is 12.4 Å². The van der Waals surface area contributed by atoms with E-state index in [1.165, 1.54) is 10.9 Å². The number of H-pyrrole nitrogens is 1. The second-order valence-corrected chi connectivity index (χ2v) is 4.11. The number of aromatic amines is 1. The Labute approximate surface area is 109 Å². The molecule has 0 aliphatic heterocycles. The van der Waals surface area contributed by atoms with E-state index >= 15 is 0 Å². The third kappa shape index (κ3) is 2.87. The summed E-state index contributed by atoms with van der Waals surface area (Å²) < 4.78 is 1.45. The first kappa shape index (κ1) is 13.0. The topological polar surface area (TPSA) is 92.7 Å². The molecule has 0 atom stereocenters. The van der Waals surface area contributed by atoms with Crippen LogP contribution in [-0.4, -0.2) is 19.5 Å². The zero-order valence-corrected chi connectivity index (χ0v) is 10.8. The van der Waals surface area contributed by atoms with Gasteiger partial charge in [0.05, 0.1) is 5.56 Å². The van der Waals surface area contributed by atoms with Gasteiger partial charge in [-0.25, -0.2) is 14.8 Å². The van der Waals surface area contributed by atoms with Gasteiger partial charge in [0.15, 0.2) is 0 Å². The Balaban J connectivity index is 2.23. The molecule has 2 N–H and O–H groups in total. The SMILES string of the molecule is CCn1cc(CNc2ncncc2C)c(=O)[nH]c1=O. The van der Waals surface area contributed by atoms with E-state index in [-0.39, 0.29) is 5.56 Å². The minimum absolute atomic E-state index is 0.299. The molecule has 100 valence electrons. The van der Waals surface area contributed by atoms with Crippen LogP contribution < -0.4 is 16.6 Å². The third-order valence-electron chi connectivity index (χ3n) is 2.77. The summed E-state index contributed by atoms with van der Waals surface area (Å²) in [6, 6.07) is 0. The van der Waals surface area contributed by atoms with Gasteiger partial charge in [-0.3, -0.25) is 9.78 Å². The summed E-state index contributed by atoms with van der Waals surface area (Å²) in [7, 11) is 0. The van der Waals surface area contributed by atoms with E-state index in [1.807, 2.05) is 13.8 Å². The Hall–Kier alpha value is -2.44. The van der Waals surface area contributed by atoms with E-state index < -0.39 is 5.69 Å². The normalized spacial score (nSPS) is 10.4. The van der Waals surface area contributed by atoms with Gasteiger partial charge in [-0.05, 0) is 13.8 Å². The van der Waals surface area contributed by atoms with Crippen molar-refractivity contribution in [1.29, 1.82) is 0 Å². The molecule has 19 heavy (non-hydrogen) atoms. The maximum absolute atomic E-state index is 11.7. The zero-order chi connectivity index (χ0) is 13.8. The van der Waals surface area contributed by atoms with E-state index in [4.69, 9.17) is 0 Å². The number of hydrogen-bond donors (Lipinski definition) is 2. The molecule has 0 bridgehead atoms. The lowest BCUT2D eigenvalue weighted by molar-refractivity contribution is 0.683. The lowest BCUT2D eigenvalue weighted by atomic mass is 10.3. The molecular formula is C12H15N5O2. The molecule has 2 aromatic rings. The molecule has 7 nitrogen and oxygen atoms in total. The summed E-state index contributed by atoms with van der Waals surface area (Å²) in [5.74, 6) is 0.670. The van der Waals surface area contributed by atoms with Gasteiger partial charge in [0.1, 0.15) is 12.1 Å². The highest BCUT2D eigenvalue weighted by Crippen LogP contribution is 2.08. The second-order valence-electron chi connectivity index (χ2n) is 4.11. The second kappa shape index (κ2) is 5.47. The molecule has 0 aliphatic carbocycles. The Bertz CT molecular complexity index is 689. The van der Waals surface area contributed by atoms with Crippen LogP contribution in [0, 0.1) is 6.92 Å². The van der Waals surface area contributed by atoms with Gasteiger partial charge >= 0.3 is 5.69 Å². The maximum Gasteiger partial charge on any atom is 0.328 e. The molecule has 0 unspecified atom stereocenters. The standard InChI is InChI=1S/C12H15N5O2/c1-3-17-6-9(11(18)16-12(17)19)5-14-10-8(2)4-13-7-15-10/h4,6-7H,3,5H2,1-2H3,(H,13,14,15)(H,16,18,19). The molecule has 2 heterocycles. The molecular weight excluding hydrogens is 246 g/mol. The molecule has 0 radical (unpaired) electrons. The summed E-state index contributed by atoms with van der Waals surface area (Å²) in [5, 5.41) is 3.05. The molecule has 2 aromatic heterocycles. The monoisotopic (exact) mass is 261 g/mol. The first-order chi connectivity index (χ1) is 9.11. The predicted molar refractivity (Wildman–Crippen MR) is 71.1 cm³/mol. The summed E-state index contributed by atoms with van der Waals surface area (Å²) in [4.78, 5) is 33.4. The van der Waals surface area contributed by atoms with Crippen LogP contribution in [0.2, 0.25) is 0 Å². The molecule has 7 heteroatoms. The summed E-state index contributed by atoms with van der Waals surface area (Å²) in [5.41, 5.74) is 0.602. The van der Waals surface area contributed by atoms with Crippen LogP contribution in [0.5, 0.6) is 0 Å². The largest absolute Gasteiger partial charge is 0.365 e. The number of hydrogen-bond acceptors (Lipinski definition) is 5. The first-order valence-corrected chi connectivity index (χ1v) is 5.95. The molecule has 0 aromatic carbocycles. The molecule has 2 rings (SSSR count). The van der Waals surface area contributed by atoms with Crippen molar-refractivity contribution in [2.75, 3.05) is 5.32 Å². The van der Waals surface area contributed by atoms with Crippen LogP contribution in [0.3, 0.4) is 0 Å². The number of aromatic nitrogens is 4. The van der Waals surface area contributed by atoms with E-state index in [0.29, 0.717) is 24.5 Å². The zero-order valence-electron chi connectivity index (χ0n) is 10.8. The van der Waals surface area contributed by atoms with Crippen molar-refractivity contribution >= 4 is 5.82 Å². The van der Waals surface area contributed by atoms with Crippen molar-refractivity contribution in [1.82, 2.24) is 19.5 Å².